The molecule has 2 saturated carbocycles. The molecule has 0 aromatic carbocycles. The van der Waals surface area contributed by atoms with Crippen LogP contribution in [0.5, 0.6) is 0 Å². The highest BCUT2D eigenvalue weighted by Gasteiger charge is 2.40. The lowest BCUT2D eigenvalue weighted by Crippen LogP contribution is -2.40. The third-order valence-electron chi connectivity index (χ3n) is 11.2. The van der Waals surface area contributed by atoms with Crippen molar-refractivity contribution in [3.05, 3.63) is 23.1 Å². The molecule has 0 radical (unpaired) electrons. The van der Waals surface area contributed by atoms with Crippen LogP contribution in [0, 0.1) is 11.8 Å². The average molecular weight is 808 g/mol. The summed E-state index contributed by atoms with van der Waals surface area (Å²) in [6.07, 6.45) is 10.6. The second kappa shape index (κ2) is 15.9. The fourth-order valence-electron chi connectivity index (χ4n) is 7.02. The summed E-state index contributed by atoms with van der Waals surface area (Å²) in [5.41, 5.74) is 2.16. The van der Waals surface area contributed by atoms with E-state index < -0.39 is 34.3 Å². The van der Waals surface area contributed by atoms with Crippen molar-refractivity contribution in [3.8, 4) is 10.4 Å². The molecule has 292 valence electrons. The maximum atomic E-state index is 14.1. The lowest BCUT2D eigenvalue weighted by Gasteiger charge is -2.35. The number of thiazole rings is 1. The molecule has 5 rings (SSSR count). The van der Waals surface area contributed by atoms with E-state index >= 15 is 0 Å². The number of hydrogen-bond donors (Lipinski definition) is 0. The van der Waals surface area contributed by atoms with Crippen molar-refractivity contribution >= 4 is 57.1 Å². The summed E-state index contributed by atoms with van der Waals surface area (Å²) in [4.78, 5) is 13.2. The molecule has 2 aliphatic rings. The third kappa shape index (κ3) is 10.4. The van der Waals surface area contributed by atoms with Crippen molar-refractivity contribution in [2.24, 2.45) is 11.8 Å². The Labute approximate surface area is 320 Å². The molecule has 0 N–H and O–H groups in total. The Morgan fingerprint density at radius 2 is 1.48 bits per heavy atom. The van der Waals surface area contributed by atoms with Crippen LogP contribution in [0.1, 0.15) is 69.5 Å². The fourth-order valence-corrected chi connectivity index (χ4v) is 11.5. The Morgan fingerprint density at radius 3 is 2.00 bits per heavy atom. The summed E-state index contributed by atoms with van der Waals surface area (Å²) < 4.78 is 49.1. The first kappa shape index (κ1) is 41.7. The van der Waals surface area contributed by atoms with E-state index in [1.165, 1.54) is 25.5 Å². The Hall–Kier alpha value is -1.47. The highest BCUT2D eigenvalue weighted by molar-refractivity contribution is 7.91. The van der Waals surface area contributed by atoms with Crippen LogP contribution in [0.3, 0.4) is 0 Å². The number of nitrogens with zero attached hydrogens (tertiary/aromatic N) is 5. The first-order valence-corrected chi connectivity index (χ1v) is 32.2. The van der Waals surface area contributed by atoms with Gasteiger partial charge in [0.1, 0.15) is 23.4 Å². The number of hydrogen-bond acceptors (Lipinski definition) is 10. The molecule has 52 heavy (non-hydrogen) atoms. The molecule has 10 nitrogen and oxygen atoms in total. The van der Waals surface area contributed by atoms with Crippen LogP contribution < -0.4 is 4.90 Å². The van der Waals surface area contributed by atoms with Gasteiger partial charge in [0.25, 0.3) is 0 Å². The van der Waals surface area contributed by atoms with Crippen LogP contribution in [0.2, 0.25) is 69.5 Å². The SMILES string of the molecule is CC(C)(C)[Si](C)(C)OCc1ncc(-c2cnn3c(N(COCC[Si](C)(C)C)COCC[Si](C)(C)C)c(S(C)(=O)=O)c([C@H]4C[C@@H]5CC[C@@H](C5)C4)nc23)s1. The largest absolute Gasteiger partial charge is 0.410 e. The summed E-state index contributed by atoms with van der Waals surface area (Å²) in [7, 11) is -8.40. The predicted molar refractivity (Wildman–Crippen MR) is 222 cm³/mol. The van der Waals surface area contributed by atoms with E-state index in [0.29, 0.717) is 48.8 Å². The van der Waals surface area contributed by atoms with Crippen LogP contribution in [0.15, 0.2) is 17.3 Å². The van der Waals surface area contributed by atoms with Crippen LogP contribution in [-0.2, 0) is 30.3 Å². The van der Waals surface area contributed by atoms with Gasteiger partial charge >= 0.3 is 0 Å². The van der Waals surface area contributed by atoms with Crippen molar-refractivity contribution in [3.63, 3.8) is 0 Å². The van der Waals surface area contributed by atoms with Gasteiger partial charge < -0.3 is 18.8 Å². The van der Waals surface area contributed by atoms with Gasteiger partial charge in [0, 0.05) is 47.7 Å². The van der Waals surface area contributed by atoms with Crippen LogP contribution in [-0.4, -0.2) is 85.4 Å². The quantitative estimate of drug-likeness (QED) is 0.0749. The lowest BCUT2D eigenvalue weighted by atomic mass is 9.79. The summed E-state index contributed by atoms with van der Waals surface area (Å²) in [5.74, 6) is 1.76. The fraction of sp³-hybridized carbons (Fsp3) is 0.757. The molecule has 2 fully saturated rings. The second-order valence-electron chi connectivity index (χ2n) is 19.3. The lowest BCUT2D eigenvalue weighted by molar-refractivity contribution is 0.0937. The normalized spacial score (nSPS) is 20.3. The zero-order valence-electron chi connectivity index (χ0n) is 34.0. The van der Waals surface area contributed by atoms with Gasteiger partial charge in [0.15, 0.2) is 29.6 Å². The first-order valence-electron chi connectivity index (χ1n) is 19.1. The Bertz CT molecular complexity index is 1760. The third-order valence-corrected chi connectivity index (χ3v) is 21.2. The number of anilines is 1. The Balaban J connectivity index is 1.62. The number of ether oxygens (including phenoxy) is 2. The summed E-state index contributed by atoms with van der Waals surface area (Å²) in [6, 6.07) is 2.02. The van der Waals surface area contributed by atoms with Gasteiger partial charge in [-0.3, -0.25) is 0 Å². The van der Waals surface area contributed by atoms with Crippen LogP contribution in [0.25, 0.3) is 16.1 Å². The van der Waals surface area contributed by atoms with Gasteiger partial charge in [-0.2, -0.15) is 9.61 Å². The highest BCUT2D eigenvalue weighted by atomic mass is 32.2. The first-order chi connectivity index (χ1) is 24.0. The highest BCUT2D eigenvalue weighted by Crippen LogP contribution is 2.50. The zero-order valence-corrected chi connectivity index (χ0v) is 38.6. The van der Waals surface area contributed by atoms with Crippen molar-refractivity contribution < 1.29 is 22.3 Å². The molecule has 15 heteroatoms. The molecule has 0 aliphatic heterocycles. The minimum atomic E-state index is -3.74. The molecule has 3 aromatic rings. The van der Waals surface area contributed by atoms with Crippen molar-refractivity contribution in [1.82, 2.24) is 19.6 Å². The van der Waals surface area contributed by atoms with Crippen molar-refractivity contribution in [2.45, 2.75) is 140 Å². The summed E-state index contributed by atoms with van der Waals surface area (Å²) in [5, 5.41) is 5.89. The molecule has 3 atom stereocenters. The molecule has 0 spiro atoms. The maximum absolute atomic E-state index is 14.1. The van der Waals surface area contributed by atoms with Crippen molar-refractivity contribution in [1.29, 1.82) is 0 Å². The number of sulfone groups is 1. The van der Waals surface area contributed by atoms with Crippen LogP contribution >= 0.6 is 11.3 Å². The molecule has 2 aliphatic carbocycles. The van der Waals surface area contributed by atoms with Gasteiger partial charge in [0.05, 0.1) is 28.9 Å². The van der Waals surface area contributed by atoms with E-state index in [0.717, 1.165) is 40.4 Å². The van der Waals surface area contributed by atoms with E-state index in [1.54, 1.807) is 15.9 Å². The summed E-state index contributed by atoms with van der Waals surface area (Å²) >= 11 is 1.59. The van der Waals surface area contributed by atoms with E-state index in [2.05, 4.69) is 73.1 Å². The molecule has 2 bridgehead atoms. The molecule has 3 heterocycles. The zero-order chi connectivity index (χ0) is 38.3. The predicted octanol–water partition coefficient (Wildman–Crippen LogP) is 9.50. The van der Waals surface area contributed by atoms with Gasteiger partial charge in [-0.05, 0) is 61.3 Å². The van der Waals surface area contributed by atoms with E-state index in [-0.39, 0.29) is 29.3 Å². The minimum Gasteiger partial charge on any atom is -0.410 e. The van der Waals surface area contributed by atoms with Gasteiger partial charge in [-0.15, -0.1) is 11.3 Å². The van der Waals surface area contributed by atoms with E-state index in [4.69, 9.17) is 29.0 Å². The molecule has 3 aromatic heterocycles. The summed E-state index contributed by atoms with van der Waals surface area (Å²) in [6.45, 7) is 27.3. The molecule has 0 amide bonds. The molecule has 0 saturated heterocycles. The van der Waals surface area contributed by atoms with Gasteiger partial charge in [-0.25, -0.2) is 18.4 Å². The maximum Gasteiger partial charge on any atom is 0.192 e. The second-order valence-corrected chi connectivity index (χ2v) is 38.5. The van der Waals surface area contributed by atoms with Crippen LogP contribution in [0.4, 0.5) is 5.82 Å². The van der Waals surface area contributed by atoms with E-state index in [1.807, 2.05) is 17.3 Å². The molecular weight excluding hydrogens is 743 g/mol. The van der Waals surface area contributed by atoms with Crippen molar-refractivity contribution in [2.75, 3.05) is 37.8 Å². The van der Waals surface area contributed by atoms with Gasteiger partial charge in [-0.1, -0.05) is 72.9 Å². The van der Waals surface area contributed by atoms with E-state index in [9.17, 15) is 8.42 Å². The van der Waals surface area contributed by atoms with Gasteiger partial charge in [0.2, 0.25) is 0 Å². The monoisotopic (exact) mass is 807 g/mol. The molecular formula is C37H65N5O5S2Si3. The minimum absolute atomic E-state index is 0.0555. The Morgan fingerprint density at radius 1 is 0.904 bits per heavy atom. The topological polar surface area (TPSA) is 108 Å². The number of rotatable bonds is 17. The average Bonchev–Trinajstić information content (AvgIpc) is 3.74. The number of fused-ring (bicyclic) bond motifs is 3. The number of aromatic nitrogens is 4. The smallest absolute Gasteiger partial charge is 0.192 e. The standard InChI is InChI=1S/C37H65N5O5S2Si3/c1-37(2,3)52(11,12)47-24-32-38-23-31(48-32)30-22-39-42-35(30)40-33(29-20-27-13-14-28(19-27)21-29)34(49(4,43)44)36(42)41(25-45-15-17-50(5,6)7)26-46-16-18-51(8,9)10/h22-23,27-29H,13-21,24-26H2,1-12H3/t27-,28+,29+. The Kier molecular flexibility index (Phi) is 12.8. The molecule has 0 unspecified atom stereocenters.